The molecule has 90 valence electrons. The molecule has 0 unspecified atom stereocenters. The summed E-state index contributed by atoms with van der Waals surface area (Å²) in [6.45, 7) is 1.02. The summed E-state index contributed by atoms with van der Waals surface area (Å²) in [5.41, 5.74) is 0. The van der Waals surface area contributed by atoms with Gasteiger partial charge in [-0.15, -0.1) is 0 Å². The standard InChI is InChI=1S/C11H20F3N/c1-9(15-8-11(12,13)14)10-6-4-2-3-5-7-10/h9-10,15H,2-8H2,1H3/t9-/m0/s1. The number of hydrogen-bond acceptors (Lipinski definition) is 1. The number of hydrogen-bond donors (Lipinski definition) is 1. The van der Waals surface area contributed by atoms with Crippen molar-refractivity contribution in [3.8, 4) is 0 Å². The summed E-state index contributed by atoms with van der Waals surface area (Å²) in [6, 6.07) is -0.00951. The average Bonchev–Trinajstić information content (AvgIpc) is 2.41. The summed E-state index contributed by atoms with van der Waals surface area (Å²) in [5, 5.41) is 2.60. The Labute approximate surface area is 89.4 Å². The molecule has 1 N–H and O–H groups in total. The van der Waals surface area contributed by atoms with Crippen LogP contribution in [-0.2, 0) is 0 Å². The van der Waals surface area contributed by atoms with Crippen molar-refractivity contribution in [3.05, 3.63) is 0 Å². The normalized spacial score (nSPS) is 22.4. The molecule has 1 saturated carbocycles. The largest absolute Gasteiger partial charge is 0.401 e. The third-order valence-electron chi connectivity index (χ3n) is 3.23. The first-order chi connectivity index (χ1) is 6.99. The van der Waals surface area contributed by atoms with Crippen molar-refractivity contribution in [2.75, 3.05) is 6.54 Å². The van der Waals surface area contributed by atoms with Crippen molar-refractivity contribution < 1.29 is 13.2 Å². The molecule has 0 saturated heterocycles. The number of halogens is 3. The summed E-state index contributed by atoms with van der Waals surface area (Å²) in [4.78, 5) is 0. The van der Waals surface area contributed by atoms with Gasteiger partial charge in [-0.1, -0.05) is 25.7 Å². The first-order valence-corrected chi connectivity index (χ1v) is 5.79. The minimum atomic E-state index is -4.08. The molecule has 1 rings (SSSR count). The quantitative estimate of drug-likeness (QED) is 0.722. The van der Waals surface area contributed by atoms with E-state index in [0.29, 0.717) is 5.92 Å². The Morgan fingerprint density at radius 1 is 1.13 bits per heavy atom. The van der Waals surface area contributed by atoms with Gasteiger partial charge in [0.25, 0.3) is 0 Å². The predicted molar refractivity (Wildman–Crippen MR) is 54.7 cm³/mol. The first kappa shape index (κ1) is 12.8. The summed E-state index contributed by atoms with van der Waals surface area (Å²) < 4.78 is 36.0. The van der Waals surface area contributed by atoms with Gasteiger partial charge in [0, 0.05) is 6.04 Å². The molecule has 0 aromatic heterocycles. The maximum Gasteiger partial charge on any atom is 0.401 e. The molecule has 15 heavy (non-hydrogen) atoms. The monoisotopic (exact) mass is 223 g/mol. The van der Waals surface area contributed by atoms with Gasteiger partial charge in [-0.2, -0.15) is 13.2 Å². The fourth-order valence-electron chi connectivity index (χ4n) is 2.25. The van der Waals surface area contributed by atoms with Crippen LogP contribution in [0.25, 0.3) is 0 Å². The van der Waals surface area contributed by atoms with Gasteiger partial charge in [0.1, 0.15) is 0 Å². The van der Waals surface area contributed by atoms with Gasteiger partial charge in [-0.25, -0.2) is 0 Å². The van der Waals surface area contributed by atoms with E-state index in [1.807, 2.05) is 6.92 Å². The lowest BCUT2D eigenvalue weighted by molar-refractivity contribution is -0.126. The molecule has 1 fully saturated rings. The van der Waals surface area contributed by atoms with Gasteiger partial charge in [0.15, 0.2) is 0 Å². The smallest absolute Gasteiger partial charge is 0.306 e. The van der Waals surface area contributed by atoms with E-state index in [4.69, 9.17) is 0 Å². The molecule has 0 amide bonds. The summed E-state index contributed by atoms with van der Waals surface area (Å²) in [6.07, 6.45) is 2.88. The van der Waals surface area contributed by atoms with Crippen LogP contribution in [0.2, 0.25) is 0 Å². The van der Waals surface area contributed by atoms with Crippen molar-refractivity contribution in [2.24, 2.45) is 5.92 Å². The molecule has 0 aromatic carbocycles. The summed E-state index contributed by atoms with van der Waals surface area (Å²) >= 11 is 0. The van der Waals surface area contributed by atoms with Crippen molar-refractivity contribution in [1.29, 1.82) is 0 Å². The van der Waals surface area contributed by atoms with Crippen LogP contribution in [0.4, 0.5) is 13.2 Å². The SMILES string of the molecule is C[C@H](NCC(F)(F)F)C1CCCCCC1. The topological polar surface area (TPSA) is 12.0 Å². The molecule has 0 aliphatic heterocycles. The van der Waals surface area contributed by atoms with Gasteiger partial charge in [0.05, 0.1) is 6.54 Å². The van der Waals surface area contributed by atoms with Crippen LogP contribution in [0.3, 0.4) is 0 Å². The number of rotatable bonds is 3. The van der Waals surface area contributed by atoms with Crippen LogP contribution < -0.4 is 5.32 Å². The Bertz CT molecular complexity index is 171. The fraction of sp³-hybridized carbons (Fsp3) is 1.00. The molecule has 1 aliphatic carbocycles. The van der Waals surface area contributed by atoms with Crippen LogP contribution in [-0.4, -0.2) is 18.8 Å². The third kappa shape index (κ3) is 5.40. The van der Waals surface area contributed by atoms with Gasteiger partial charge in [0.2, 0.25) is 0 Å². The zero-order valence-electron chi connectivity index (χ0n) is 9.24. The van der Waals surface area contributed by atoms with E-state index in [1.54, 1.807) is 0 Å². The third-order valence-corrected chi connectivity index (χ3v) is 3.23. The number of alkyl halides is 3. The van der Waals surface area contributed by atoms with E-state index in [-0.39, 0.29) is 6.04 Å². The second kappa shape index (κ2) is 5.73. The zero-order valence-corrected chi connectivity index (χ0v) is 9.24. The lowest BCUT2D eigenvalue weighted by Crippen LogP contribution is -2.39. The number of nitrogens with one attached hydrogen (secondary N) is 1. The molecule has 4 heteroatoms. The van der Waals surface area contributed by atoms with Gasteiger partial charge in [-0.3, -0.25) is 0 Å². The van der Waals surface area contributed by atoms with Gasteiger partial charge >= 0.3 is 6.18 Å². The predicted octanol–water partition coefficient (Wildman–Crippen LogP) is 3.50. The van der Waals surface area contributed by atoms with Gasteiger partial charge < -0.3 is 5.32 Å². The zero-order chi connectivity index (χ0) is 11.3. The average molecular weight is 223 g/mol. The summed E-state index contributed by atoms with van der Waals surface area (Å²) in [5.74, 6) is 0.426. The van der Waals surface area contributed by atoms with Crippen molar-refractivity contribution >= 4 is 0 Å². The van der Waals surface area contributed by atoms with Crippen molar-refractivity contribution in [3.63, 3.8) is 0 Å². The minimum Gasteiger partial charge on any atom is -0.306 e. The highest BCUT2D eigenvalue weighted by atomic mass is 19.4. The second-order valence-corrected chi connectivity index (χ2v) is 4.54. The van der Waals surface area contributed by atoms with E-state index in [1.165, 1.54) is 25.7 Å². The molecule has 0 bridgehead atoms. The lowest BCUT2D eigenvalue weighted by Gasteiger charge is -2.24. The minimum absolute atomic E-state index is 0.00951. The highest BCUT2D eigenvalue weighted by Crippen LogP contribution is 2.25. The molecule has 1 nitrogen and oxygen atoms in total. The Kier molecular flexibility index (Phi) is 4.90. The van der Waals surface area contributed by atoms with E-state index in [9.17, 15) is 13.2 Å². The molecular formula is C11H20F3N. The Balaban J connectivity index is 2.28. The lowest BCUT2D eigenvalue weighted by atomic mass is 9.93. The van der Waals surface area contributed by atoms with Crippen LogP contribution in [0.1, 0.15) is 45.4 Å². The maximum atomic E-state index is 12.0. The first-order valence-electron chi connectivity index (χ1n) is 5.79. The highest BCUT2D eigenvalue weighted by molar-refractivity contribution is 4.75. The Morgan fingerprint density at radius 3 is 2.13 bits per heavy atom. The molecule has 1 atom stereocenters. The Hall–Kier alpha value is -0.250. The highest BCUT2D eigenvalue weighted by Gasteiger charge is 2.29. The molecule has 0 aromatic rings. The van der Waals surface area contributed by atoms with Crippen LogP contribution in [0.5, 0.6) is 0 Å². The van der Waals surface area contributed by atoms with Crippen LogP contribution >= 0.6 is 0 Å². The van der Waals surface area contributed by atoms with Crippen molar-refractivity contribution in [2.45, 2.75) is 57.7 Å². The maximum absolute atomic E-state index is 12.0. The van der Waals surface area contributed by atoms with E-state index < -0.39 is 12.7 Å². The molecule has 1 aliphatic rings. The Morgan fingerprint density at radius 2 is 1.67 bits per heavy atom. The van der Waals surface area contributed by atoms with Gasteiger partial charge in [-0.05, 0) is 25.7 Å². The van der Waals surface area contributed by atoms with E-state index in [0.717, 1.165) is 12.8 Å². The molecule has 0 radical (unpaired) electrons. The van der Waals surface area contributed by atoms with E-state index in [2.05, 4.69) is 5.32 Å². The molecule has 0 spiro atoms. The van der Waals surface area contributed by atoms with Crippen molar-refractivity contribution in [1.82, 2.24) is 5.32 Å². The van der Waals surface area contributed by atoms with Crippen LogP contribution in [0, 0.1) is 5.92 Å². The second-order valence-electron chi connectivity index (χ2n) is 4.54. The molecule has 0 heterocycles. The van der Waals surface area contributed by atoms with Crippen LogP contribution in [0.15, 0.2) is 0 Å². The fourth-order valence-corrected chi connectivity index (χ4v) is 2.25. The van der Waals surface area contributed by atoms with E-state index >= 15 is 0 Å². The molecular weight excluding hydrogens is 203 g/mol. The summed E-state index contributed by atoms with van der Waals surface area (Å²) in [7, 11) is 0.